The number of pyridine rings is 1. The summed E-state index contributed by atoms with van der Waals surface area (Å²) in [6.07, 6.45) is 4.15. The van der Waals surface area contributed by atoms with E-state index in [1.54, 1.807) is 16.8 Å². The highest BCUT2D eigenvalue weighted by Crippen LogP contribution is 2.49. The number of anilines is 1. The minimum absolute atomic E-state index is 0.161. The van der Waals surface area contributed by atoms with Gasteiger partial charge in [0.1, 0.15) is 17.7 Å². The molecule has 1 unspecified atom stereocenters. The Morgan fingerprint density at radius 1 is 1.15 bits per heavy atom. The number of rotatable bonds is 7. The minimum Gasteiger partial charge on any atom is -0.495 e. The van der Waals surface area contributed by atoms with Crippen molar-refractivity contribution in [1.29, 1.82) is 0 Å². The van der Waals surface area contributed by atoms with E-state index in [0.29, 0.717) is 41.7 Å². The quantitative estimate of drug-likeness (QED) is 0.482. The van der Waals surface area contributed by atoms with Gasteiger partial charge in [0, 0.05) is 63.0 Å². The summed E-state index contributed by atoms with van der Waals surface area (Å²) in [6, 6.07) is 7.50. The third-order valence-electron chi connectivity index (χ3n) is 6.00. The summed E-state index contributed by atoms with van der Waals surface area (Å²) >= 11 is 6.32. The second kappa shape index (κ2) is 10.0. The Morgan fingerprint density at radius 2 is 1.97 bits per heavy atom. The first-order valence-electron chi connectivity index (χ1n) is 10.6. The van der Waals surface area contributed by atoms with Gasteiger partial charge in [0.25, 0.3) is 7.52 Å². The molecule has 1 fully saturated rings. The maximum absolute atomic E-state index is 12.7. The highest BCUT2D eigenvalue weighted by molar-refractivity contribution is 7.56. The lowest BCUT2D eigenvalue weighted by atomic mass is 10.1. The summed E-state index contributed by atoms with van der Waals surface area (Å²) in [7, 11) is -0.272. The predicted octanol–water partition coefficient (Wildman–Crippen LogP) is 3.46. The highest BCUT2D eigenvalue weighted by atomic mass is 35.5. The topological polar surface area (TPSA) is 99.8 Å². The fourth-order valence-corrected chi connectivity index (χ4v) is 5.75. The number of halogens is 1. The standard InChI is InChI=1S/C22H28ClN4O5P/c1-31-21-10-16(14-28)18(12-19(21)23)20-13-26-7-4-17(11-22(26)24-20)25-5-3-6-27(9-8-25)33(30,15-29)32-2/h4,7,10-13,28-29H,3,5-6,8-9,14-15H2,1-2H3. The summed E-state index contributed by atoms with van der Waals surface area (Å²) in [6.45, 7) is 2.41. The van der Waals surface area contributed by atoms with Crippen LogP contribution in [0.25, 0.3) is 16.9 Å². The van der Waals surface area contributed by atoms with E-state index in [4.69, 9.17) is 25.8 Å². The minimum atomic E-state index is -3.18. The van der Waals surface area contributed by atoms with Crippen LogP contribution in [-0.4, -0.2) is 71.0 Å². The van der Waals surface area contributed by atoms with Crippen LogP contribution in [0.15, 0.2) is 36.7 Å². The average molecular weight is 495 g/mol. The van der Waals surface area contributed by atoms with Crippen LogP contribution in [-0.2, 0) is 15.7 Å². The van der Waals surface area contributed by atoms with E-state index in [9.17, 15) is 14.8 Å². The molecule has 1 aromatic carbocycles. The van der Waals surface area contributed by atoms with Crippen LogP contribution in [0.3, 0.4) is 0 Å². The summed E-state index contributed by atoms with van der Waals surface area (Å²) in [5.41, 5.74) is 3.90. The number of aliphatic hydroxyl groups is 2. The molecular weight excluding hydrogens is 467 g/mol. The molecule has 2 N–H and O–H groups in total. The van der Waals surface area contributed by atoms with Gasteiger partial charge >= 0.3 is 0 Å². The lowest BCUT2D eigenvalue weighted by Crippen LogP contribution is -2.30. The SMILES string of the molecule is COc1cc(CO)c(-c2cn3ccc(N4CCCN(P(=O)(CO)OC)CC4)cc3n2)cc1Cl. The second-order valence-corrected chi connectivity index (χ2v) is 10.7. The van der Waals surface area contributed by atoms with E-state index in [2.05, 4.69) is 4.90 Å². The Kier molecular flexibility index (Phi) is 7.28. The Balaban J connectivity index is 1.61. The lowest BCUT2D eigenvalue weighted by molar-refractivity contribution is 0.262. The monoisotopic (exact) mass is 494 g/mol. The number of aromatic nitrogens is 2. The van der Waals surface area contributed by atoms with Gasteiger partial charge in [-0.3, -0.25) is 4.57 Å². The zero-order valence-corrected chi connectivity index (χ0v) is 20.3. The fraction of sp³-hybridized carbons (Fsp3) is 0.409. The molecule has 1 aliphatic heterocycles. The molecule has 0 amide bonds. The van der Waals surface area contributed by atoms with Crippen molar-refractivity contribution in [2.45, 2.75) is 13.0 Å². The Hall–Kier alpha value is -2.13. The smallest absolute Gasteiger partial charge is 0.297 e. The number of fused-ring (bicyclic) bond motifs is 1. The van der Waals surface area contributed by atoms with Crippen molar-refractivity contribution in [2.24, 2.45) is 0 Å². The number of imidazole rings is 1. The largest absolute Gasteiger partial charge is 0.495 e. The lowest BCUT2D eigenvalue weighted by Gasteiger charge is -2.27. The van der Waals surface area contributed by atoms with Crippen LogP contribution in [0.5, 0.6) is 5.75 Å². The number of hydrogen-bond donors (Lipinski definition) is 2. The number of methoxy groups -OCH3 is 1. The van der Waals surface area contributed by atoms with E-state index in [1.807, 2.05) is 28.9 Å². The van der Waals surface area contributed by atoms with Gasteiger partial charge in [0.05, 0.1) is 24.4 Å². The maximum Gasteiger partial charge on any atom is 0.297 e. The molecule has 2 aromatic heterocycles. The first-order valence-corrected chi connectivity index (χ1v) is 12.8. The fourth-order valence-electron chi connectivity index (χ4n) is 4.15. The van der Waals surface area contributed by atoms with Crippen LogP contribution >= 0.6 is 19.1 Å². The summed E-state index contributed by atoms with van der Waals surface area (Å²) < 4.78 is 26.8. The van der Waals surface area contributed by atoms with E-state index in [-0.39, 0.29) is 6.61 Å². The number of nitrogens with zero attached hydrogens (tertiary/aromatic N) is 4. The molecule has 4 rings (SSSR count). The predicted molar refractivity (Wildman–Crippen MR) is 128 cm³/mol. The first kappa shape index (κ1) is 24.0. The number of ether oxygens (including phenoxy) is 1. The molecule has 1 aliphatic rings. The summed E-state index contributed by atoms with van der Waals surface area (Å²) in [5, 5.41) is 19.8. The van der Waals surface area contributed by atoms with Crippen LogP contribution in [0.2, 0.25) is 5.02 Å². The third-order valence-corrected chi connectivity index (χ3v) is 8.49. The molecule has 3 aromatic rings. The maximum atomic E-state index is 12.7. The molecule has 0 radical (unpaired) electrons. The molecule has 0 bridgehead atoms. The average Bonchev–Trinajstić information content (AvgIpc) is 3.10. The summed E-state index contributed by atoms with van der Waals surface area (Å²) in [5.74, 6) is 0.505. The van der Waals surface area contributed by atoms with E-state index >= 15 is 0 Å². The summed E-state index contributed by atoms with van der Waals surface area (Å²) in [4.78, 5) is 6.98. The Bertz CT molecular complexity index is 1180. The molecule has 0 aliphatic carbocycles. The normalized spacial score (nSPS) is 17.2. The van der Waals surface area contributed by atoms with Crippen molar-refractivity contribution < 1.29 is 24.0 Å². The molecule has 11 heteroatoms. The number of aliphatic hydroxyl groups excluding tert-OH is 2. The highest BCUT2D eigenvalue weighted by Gasteiger charge is 2.31. The van der Waals surface area contributed by atoms with Gasteiger partial charge in [-0.15, -0.1) is 0 Å². The zero-order chi connectivity index (χ0) is 23.6. The van der Waals surface area contributed by atoms with Gasteiger partial charge in [-0.25, -0.2) is 9.65 Å². The molecular formula is C22H28ClN4O5P. The molecule has 1 atom stereocenters. The molecule has 9 nitrogen and oxygen atoms in total. The Morgan fingerprint density at radius 3 is 2.67 bits per heavy atom. The van der Waals surface area contributed by atoms with Gasteiger partial charge < -0.3 is 28.8 Å². The molecule has 0 saturated carbocycles. The van der Waals surface area contributed by atoms with Gasteiger partial charge in [-0.2, -0.15) is 0 Å². The molecule has 0 spiro atoms. The number of benzene rings is 1. The van der Waals surface area contributed by atoms with Crippen molar-refractivity contribution in [3.05, 3.63) is 47.2 Å². The van der Waals surface area contributed by atoms with Crippen molar-refractivity contribution >= 4 is 30.5 Å². The molecule has 178 valence electrons. The van der Waals surface area contributed by atoms with Gasteiger partial charge in [-0.05, 0) is 30.2 Å². The Labute approximate surface area is 197 Å². The van der Waals surface area contributed by atoms with E-state index < -0.39 is 13.9 Å². The van der Waals surface area contributed by atoms with Crippen molar-refractivity contribution in [1.82, 2.24) is 14.1 Å². The van der Waals surface area contributed by atoms with Crippen molar-refractivity contribution in [3.63, 3.8) is 0 Å². The van der Waals surface area contributed by atoms with Gasteiger partial charge in [-0.1, -0.05) is 11.6 Å². The second-order valence-electron chi connectivity index (χ2n) is 7.83. The van der Waals surface area contributed by atoms with Crippen LogP contribution in [0, 0.1) is 0 Å². The van der Waals surface area contributed by atoms with Gasteiger partial charge in [0.15, 0.2) is 0 Å². The van der Waals surface area contributed by atoms with Gasteiger partial charge in [0.2, 0.25) is 0 Å². The molecule has 33 heavy (non-hydrogen) atoms. The third kappa shape index (κ3) is 4.75. The van der Waals surface area contributed by atoms with E-state index in [1.165, 1.54) is 14.2 Å². The van der Waals surface area contributed by atoms with Crippen molar-refractivity contribution in [3.8, 4) is 17.0 Å². The number of hydrogen-bond acceptors (Lipinski definition) is 7. The van der Waals surface area contributed by atoms with E-state index in [0.717, 1.165) is 29.9 Å². The first-order chi connectivity index (χ1) is 15.9. The van der Waals surface area contributed by atoms with Crippen molar-refractivity contribution in [2.75, 3.05) is 51.6 Å². The van der Waals surface area contributed by atoms with Crippen LogP contribution in [0.1, 0.15) is 12.0 Å². The molecule has 1 saturated heterocycles. The van der Waals surface area contributed by atoms with Crippen LogP contribution < -0.4 is 9.64 Å². The zero-order valence-electron chi connectivity index (χ0n) is 18.6. The molecule has 3 heterocycles. The van der Waals surface area contributed by atoms with Crippen LogP contribution in [0.4, 0.5) is 5.69 Å².